The van der Waals surface area contributed by atoms with Gasteiger partial charge in [0.1, 0.15) is 10.8 Å². The van der Waals surface area contributed by atoms with Gasteiger partial charge in [-0.3, -0.25) is 14.8 Å². The van der Waals surface area contributed by atoms with E-state index in [2.05, 4.69) is 25.7 Å². The van der Waals surface area contributed by atoms with Gasteiger partial charge in [0.2, 0.25) is 0 Å². The van der Waals surface area contributed by atoms with Crippen LogP contribution in [0.5, 0.6) is 0 Å². The standard InChI is InChI=1S/C14H16N6OS2/c1-7-5-10(20(4)19-7)17-13-11(16-9(3)23-13)12(21)18-14-15-8(2)6-22-14/h5-6,17H,1-4H3,(H,15,18,21). The molecule has 0 unspecified atom stereocenters. The molecule has 1 amide bonds. The van der Waals surface area contributed by atoms with Crippen molar-refractivity contribution in [1.29, 1.82) is 0 Å². The van der Waals surface area contributed by atoms with Gasteiger partial charge in [-0.15, -0.1) is 22.7 Å². The highest BCUT2D eigenvalue weighted by Crippen LogP contribution is 2.29. The van der Waals surface area contributed by atoms with Crippen molar-refractivity contribution in [3.8, 4) is 0 Å². The van der Waals surface area contributed by atoms with Crippen LogP contribution in [0, 0.1) is 20.8 Å². The Hall–Kier alpha value is -2.26. The van der Waals surface area contributed by atoms with Gasteiger partial charge in [0.15, 0.2) is 10.8 Å². The fourth-order valence-electron chi connectivity index (χ4n) is 2.08. The maximum atomic E-state index is 12.5. The second-order valence-electron chi connectivity index (χ2n) is 5.08. The van der Waals surface area contributed by atoms with Crippen LogP contribution in [0.3, 0.4) is 0 Å². The molecule has 0 saturated carbocycles. The van der Waals surface area contributed by atoms with E-state index in [4.69, 9.17) is 0 Å². The zero-order valence-corrected chi connectivity index (χ0v) is 14.8. The number of thiazole rings is 2. The van der Waals surface area contributed by atoms with E-state index in [0.29, 0.717) is 15.8 Å². The SMILES string of the molecule is Cc1csc(NC(=O)c2nc(C)sc2Nc2cc(C)nn2C)n1. The lowest BCUT2D eigenvalue weighted by Crippen LogP contribution is -2.14. The van der Waals surface area contributed by atoms with Gasteiger partial charge in [0.05, 0.1) is 16.4 Å². The van der Waals surface area contributed by atoms with Crippen LogP contribution in [-0.2, 0) is 7.05 Å². The number of carbonyl (C=O) groups excluding carboxylic acids is 1. The first-order chi connectivity index (χ1) is 10.9. The number of aryl methyl sites for hydroxylation is 4. The molecule has 3 heterocycles. The lowest BCUT2D eigenvalue weighted by molar-refractivity contribution is 0.102. The van der Waals surface area contributed by atoms with Gasteiger partial charge in [0, 0.05) is 18.5 Å². The Morgan fingerprint density at radius 3 is 2.61 bits per heavy atom. The van der Waals surface area contributed by atoms with E-state index in [1.807, 2.05) is 39.3 Å². The van der Waals surface area contributed by atoms with E-state index < -0.39 is 0 Å². The van der Waals surface area contributed by atoms with Crippen LogP contribution < -0.4 is 10.6 Å². The van der Waals surface area contributed by atoms with Crippen LogP contribution in [0.25, 0.3) is 0 Å². The van der Waals surface area contributed by atoms with Crippen molar-refractivity contribution in [3.63, 3.8) is 0 Å². The summed E-state index contributed by atoms with van der Waals surface area (Å²) in [5.41, 5.74) is 2.14. The van der Waals surface area contributed by atoms with Crippen molar-refractivity contribution in [2.24, 2.45) is 7.05 Å². The van der Waals surface area contributed by atoms with Gasteiger partial charge >= 0.3 is 0 Å². The van der Waals surface area contributed by atoms with E-state index in [1.54, 1.807) is 4.68 Å². The third-order valence-corrected chi connectivity index (χ3v) is 4.79. The first-order valence-electron chi connectivity index (χ1n) is 6.91. The van der Waals surface area contributed by atoms with Gasteiger partial charge < -0.3 is 5.32 Å². The van der Waals surface area contributed by atoms with E-state index >= 15 is 0 Å². The molecule has 0 bridgehead atoms. The Balaban J connectivity index is 1.85. The summed E-state index contributed by atoms with van der Waals surface area (Å²) in [6, 6.07) is 1.92. The topological polar surface area (TPSA) is 84.7 Å². The van der Waals surface area contributed by atoms with Crippen LogP contribution in [0.15, 0.2) is 11.4 Å². The smallest absolute Gasteiger partial charge is 0.279 e. The molecule has 0 spiro atoms. The molecule has 0 saturated heterocycles. The average molecular weight is 348 g/mol. The molecule has 3 aromatic heterocycles. The maximum absolute atomic E-state index is 12.5. The molecule has 0 aliphatic heterocycles. The van der Waals surface area contributed by atoms with Crippen molar-refractivity contribution in [2.75, 3.05) is 10.6 Å². The number of hydrogen-bond donors (Lipinski definition) is 2. The van der Waals surface area contributed by atoms with Gasteiger partial charge in [-0.05, 0) is 20.8 Å². The molecule has 0 atom stereocenters. The monoisotopic (exact) mass is 348 g/mol. The normalized spacial score (nSPS) is 10.8. The fraction of sp³-hybridized carbons (Fsp3) is 0.286. The van der Waals surface area contributed by atoms with Crippen molar-refractivity contribution in [3.05, 3.63) is 33.5 Å². The first kappa shape index (κ1) is 15.6. The highest BCUT2D eigenvalue weighted by atomic mass is 32.1. The van der Waals surface area contributed by atoms with Crippen LogP contribution in [0.2, 0.25) is 0 Å². The molecule has 120 valence electrons. The average Bonchev–Trinajstić information content (AvgIpc) is 3.12. The largest absolute Gasteiger partial charge is 0.330 e. The maximum Gasteiger partial charge on any atom is 0.279 e. The molecular formula is C14H16N6OS2. The minimum absolute atomic E-state index is 0.273. The molecule has 0 aliphatic carbocycles. The summed E-state index contributed by atoms with van der Waals surface area (Å²) in [5.74, 6) is 0.537. The number of nitrogens with one attached hydrogen (secondary N) is 2. The number of amides is 1. The number of anilines is 3. The number of carbonyl (C=O) groups is 1. The highest BCUT2D eigenvalue weighted by molar-refractivity contribution is 7.16. The number of hydrogen-bond acceptors (Lipinski definition) is 7. The van der Waals surface area contributed by atoms with E-state index in [9.17, 15) is 4.79 Å². The van der Waals surface area contributed by atoms with Gasteiger partial charge in [-0.1, -0.05) is 0 Å². The highest BCUT2D eigenvalue weighted by Gasteiger charge is 2.19. The predicted octanol–water partition coefficient (Wildman–Crippen LogP) is 3.25. The van der Waals surface area contributed by atoms with Gasteiger partial charge in [-0.2, -0.15) is 5.10 Å². The van der Waals surface area contributed by atoms with Crippen molar-refractivity contribution >= 4 is 44.5 Å². The molecule has 0 aliphatic rings. The van der Waals surface area contributed by atoms with Crippen LogP contribution >= 0.6 is 22.7 Å². The first-order valence-corrected chi connectivity index (χ1v) is 8.60. The predicted molar refractivity (Wildman–Crippen MR) is 92.9 cm³/mol. The summed E-state index contributed by atoms with van der Waals surface area (Å²) < 4.78 is 1.73. The summed E-state index contributed by atoms with van der Waals surface area (Å²) in [5, 5.41) is 14.3. The minimum atomic E-state index is -0.273. The number of rotatable bonds is 4. The molecule has 3 aromatic rings. The van der Waals surface area contributed by atoms with Gasteiger partial charge in [0.25, 0.3) is 5.91 Å². The van der Waals surface area contributed by atoms with E-state index in [0.717, 1.165) is 22.2 Å². The Morgan fingerprint density at radius 2 is 2.00 bits per heavy atom. The van der Waals surface area contributed by atoms with Crippen LogP contribution in [0.1, 0.15) is 26.9 Å². The zero-order valence-electron chi connectivity index (χ0n) is 13.2. The van der Waals surface area contributed by atoms with Gasteiger partial charge in [-0.25, -0.2) is 9.97 Å². The van der Waals surface area contributed by atoms with Crippen LogP contribution in [0.4, 0.5) is 16.0 Å². The summed E-state index contributed by atoms with van der Waals surface area (Å²) in [6.07, 6.45) is 0. The number of nitrogens with zero attached hydrogens (tertiary/aromatic N) is 4. The van der Waals surface area contributed by atoms with E-state index in [1.165, 1.54) is 22.7 Å². The molecule has 3 rings (SSSR count). The lowest BCUT2D eigenvalue weighted by Gasteiger charge is -2.06. The second-order valence-corrected chi connectivity index (χ2v) is 7.14. The van der Waals surface area contributed by atoms with Crippen molar-refractivity contribution in [1.82, 2.24) is 19.7 Å². The molecule has 0 fully saturated rings. The summed E-state index contributed by atoms with van der Waals surface area (Å²) >= 11 is 2.82. The molecular weight excluding hydrogens is 332 g/mol. The third kappa shape index (κ3) is 3.40. The molecule has 7 nitrogen and oxygen atoms in total. The quantitative estimate of drug-likeness (QED) is 0.756. The van der Waals surface area contributed by atoms with Crippen molar-refractivity contribution < 1.29 is 4.79 Å². The van der Waals surface area contributed by atoms with Crippen molar-refractivity contribution in [2.45, 2.75) is 20.8 Å². The summed E-state index contributed by atoms with van der Waals surface area (Å²) in [7, 11) is 1.85. The fourth-order valence-corrected chi connectivity index (χ4v) is 3.58. The Bertz CT molecular complexity index is 863. The summed E-state index contributed by atoms with van der Waals surface area (Å²) in [6.45, 7) is 5.67. The molecule has 2 N–H and O–H groups in total. The second kappa shape index (κ2) is 6.09. The molecule has 9 heteroatoms. The molecule has 0 aromatic carbocycles. The Morgan fingerprint density at radius 1 is 1.22 bits per heavy atom. The minimum Gasteiger partial charge on any atom is -0.330 e. The third-order valence-electron chi connectivity index (χ3n) is 3.03. The van der Waals surface area contributed by atoms with Crippen LogP contribution in [-0.4, -0.2) is 25.7 Å². The molecule has 0 radical (unpaired) electrons. The lowest BCUT2D eigenvalue weighted by atomic mass is 10.4. The number of aromatic nitrogens is 4. The Labute approximate surface area is 141 Å². The summed E-state index contributed by atoms with van der Waals surface area (Å²) in [4.78, 5) is 21.1. The molecule has 23 heavy (non-hydrogen) atoms. The Kier molecular flexibility index (Phi) is 4.14. The zero-order chi connectivity index (χ0) is 16.6. The van der Waals surface area contributed by atoms with E-state index in [-0.39, 0.29) is 5.91 Å².